The molecule has 1 aliphatic rings. The van der Waals surface area contributed by atoms with E-state index in [9.17, 15) is 19.2 Å². The van der Waals surface area contributed by atoms with Crippen molar-refractivity contribution in [3.05, 3.63) is 123 Å². The second kappa shape index (κ2) is 10.6. The van der Waals surface area contributed by atoms with Gasteiger partial charge in [0.2, 0.25) is 0 Å². The highest BCUT2D eigenvalue weighted by atomic mass is 16.2. The molecule has 0 unspecified atom stereocenters. The highest BCUT2D eigenvalue weighted by Gasteiger charge is 2.25. The predicted molar refractivity (Wildman–Crippen MR) is 157 cm³/mol. The first-order valence-electron chi connectivity index (χ1n) is 13.0. The summed E-state index contributed by atoms with van der Waals surface area (Å²) in [6.07, 6.45) is -0.0431. The Morgan fingerprint density at radius 3 is 1.27 bits per heavy atom. The van der Waals surface area contributed by atoms with Crippen LogP contribution in [0.25, 0.3) is 0 Å². The fraction of sp³-hybridized carbons (Fsp3) is 0.152. The van der Waals surface area contributed by atoms with E-state index in [0.717, 1.165) is 5.56 Å². The fourth-order valence-electron chi connectivity index (χ4n) is 5.06. The summed E-state index contributed by atoms with van der Waals surface area (Å²) in [5.74, 6) is -1.57. The summed E-state index contributed by atoms with van der Waals surface area (Å²) in [7, 11) is 0. The number of para-hydroxylation sites is 3. The van der Waals surface area contributed by atoms with Gasteiger partial charge in [-0.2, -0.15) is 0 Å². The summed E-state index contributed by atoms with van der Waals surface area (Å²) >= 11 is 0. The molecular formula is C33H29N3O4. The van der Waals surface area contributed by atoms with Gasteiger partial charge in [0.05, 0.1) is 28.2 Å². The van der Waals surface area contributed by atoms with Gasteiger partial charge in [0, 0.05) is 17.5 Å². The largest absolute Gasteiger partial charge is 0.321 e. The Kier molecular flexibility index (Phi) is 7.05. The molecule has 3 amide bonds. The van der Waals surface area contributed by atoms with E-state index in [1.54, 1.807) is 74.5 Å². The van der Waals surface area contributed by atoms with E-state index < -0.39 is 17.7 Å². The van der Waals surface area contributed by atoms with Crippen molar-refractivity contribution in [1.82, 2.24) is 0 Å². The molecule has 0 saturated heterocycles. The van der Waals surface area contributed by atoms with Crippen molar-refractivity contribution in [2.75, 3.05) is 16.0 Å². The highest BCUT2D eigenvalue weighted by Crippen LogP contribution is 2.30. The van der Waals surface area contributed by atoms with Crippen LogP contribution in [-0.4, -0.2) is 23.5 Å². The van der Waals surface area contributed by atoms with Crippen LogP contribution in [0, 0.1) is 27.7 Å². The number of Topliss-reactive ketones (excluding diaryl/α,β-unsaturated/α-hetero) is 1. The van der Waals surface area contributed by atoms with Gasteiger partial charge in [-0.1, -0.05) is 48.5 Å². The highest BCUT2D eigenvalue weighted by molar-refractivity contribution is 6.18. The molecule has 4 aromatic carbocycles. The number of nitrogens with one attached hydrogen (secondary N) is 3. The van der Waals surface area contributed by atoms with Gasteiger partial charge in [-0.3, -0.25) is 19.2 Å². The third kappa shape index (κ3) is 4.89. The predicted octanol–water partition coefficient (Wildman–Crippen LogP) is 6.42. The summed E-state index contributed by atoms with van der Waals surface area (Å²) in [6.45, 7) is 7.26. The molecule has 5 rings (SSSR count). The lowest BCUT2D eigenvalue weighted by Gasteiger charge is -2.20. The van der Waals surface area contributed by atoms with Crippen molar-refractivity contribution in [3.8, 4) is 0 Å². The average molecular weight is 532 g/mol. The zero-order valence-corrected chi connectivity index (χ0v) is 22.8. The number of carbonyl (C=O) groups excluding carboxylic acids is 4. The maximum atomic E-state index is 13.7. The molecule has 3 N–H and O–H groups in total. The van der Waals surface area contributed by atoms with E-state index in [-0.39, 0.29) is 23.3 Å². The Hall–Kier alpha value is -5.04. The minimum atomic E-state index is -0.467. The van der Waals surface area contributed by atoms with E-state index in [1.807, 2.05) is 26.0 Å². The third-order valence-corrected chi connectivity index (χ3v) is 7.32. The van der Waals surface area contributed by atoms with Crippen molar-refractivity contribution in [2.45, 2.75) is 34.1 Å². The zero-order valence-electron chi connectivity index (χ0n) is 22.8. The second-order valence-electron chi connectivity index (χ2n) is 10.1. The SMILES string of the molecule is Cc1cccc2c1CC(=O)c1cccc(C)c1NC(=O)c1cccc(C)c1NC(=O)c1cccc(C)c1NC2=O. The number of rotatable bonds is 0. The molecule has 200 valence electrons. The number of anilines is 3. The average Bonchev–Trinajstić information content (AvgIpc) is 2.92. The lowest BCUT2D eigenvalue weighted by atomic mass is 9.92. The van der Waals surface area contributed by atoms with Gasteiger partial charge in [-0.15, -0.1) is 0 Å². The topological polar surface area (TPSA) is 104 Å². The lowest BCUT2D eigenvalue weighted by molar-refractivity contribution is 0.0991. The second-order valence-corrected chi connectivity index (χ2v) is 10.1. The fourth-order valence-corrected chi connectivity index (χ4v) is 5.06. The number of fused-ring (bicyclic) bond motifs is 4. The van der Waals surface area contributed by atoms with Gasteiger partial charge in [0.25, 0.3) is 17.7 Å². The Morgan fingerprint density at radius 1 is 0.450 bits per heavy atom. The maximum Gasteiger partial charge on any atom is 0.257 e. The summed E-state index contributed by atoms with van der Waals surface area (Å²) in [6, 6.07) is 20.9. The number of amides is 3. The van der Waals surface area contributed by atoms with E-state index in [1.165, 1.54) is 0 Å². The minimum Gasteiger partial charge on any atom is -0.321 e. The Bertz CT molecular complexity index is 1470. The molecule has 7 nitrogen and oxygen atoms in total. The van der Waals surface area contributed by atoms with E-state index >= 15 is 0 Å². The molecule has 0 bridgehead atoms. The first kappa shape index (κ1) is 26.6. The van der Waals surface area contributed by atoms with Crippen LogP contribution >= 0.6 is 0 Å². The molecular weight excluding hydrogens is 502 g/mol. The number of benzene rings is 4. The molecule has 0 saturated carbocycles. The Balaban J connectivity index is 1.73. The van der Waals surface area contributed by atoms with Crippen LogP contribution < -0.4 is 16.0 Å². The number of aryl methyl sites for hydroxylation is 4. The molecule has 0 atom stereocenters. The summed E-state index contributed by atoms with van der Waals surface area (Å²) in [5, 5.41) is 8.75. The zero-order chi connectivity index (χ0) is 28.6. The van der Waals surface area contributed by atoms with Crippen molar-refractivity contribution in [2.24, 2.45) is 0 Å². The normalized spacial score (nSPS) is 13.7. The molecule has 0 radical (unpaired) electrons. The van der Waals surface area contributed by atoms with Gasteiger partial charge >= 0.3 is 0 Å². The number of carbonyl (C=O) groups is 4. The summed E-state index contributed by atoms with van der Waals surface area (Å²) < 4.78 is 0. The Labute approximate surface area is 232 Å². The van der Waals surface area contributed by atoms with Crippen LogP contribution in [-0.2, 0) is 6.42 Å². The lowest BCUT2D eigenvalue weighted by Crippen LogP contribution is -2.24. The van der Waals surface area contributed by atoms with Gasteiger partial charge in [0.15, 0.2) is 5.78 Å². The van der Waals surface area contributed by atoms with Crippen LogP contribution in [0.15, 0.2) is 72.8 Å². The monoisotopic (exact) mass is 531 g/mol. The van der Waals surface area contributed by atoms with Gasteiger partial charge < -0.3 is 16.0 Å². The van der Waals surface area contributed by atoms with Crippen molar-refractivity contribution >= 4 is 40.6 Å². The maximum absolute atomic E-state index is 13.7. The smallest absolute Gasteiger partial charge is 0.257 e. The molecule has 0 aliphatic carbocycles. The standard InChI is InChI=1S/C33H29N3O4/c1-18-9-5-13-22-26(18)17-27(37)23-14-6-10-19(2)28(23)34-32(39)25-16-8-12-21(4)30(25)36-33(40)24-15-7-11-20(3)29(24)35-31(22)38/h5-16H,17H2,1-4H3,(H,34,39)(H,35,38)(H,36,40). The van der Waals surface area contributed by atoms with Crippen molar-refractivity contribution in [1.29, 1.82) is 0 Å². The molecule has 0 aromatic heterocycles. The number of hydrogen-bond donors (Lipinski definition) is 3. The molecule has 40 heavy (non-hydrogen) atoms. The van der Waals surface area contributed by atoms with Gasteiger partial charge in [0.1, 0.15) is 0 Å². The van der Waals surface area contributed by atoms with Crippen LogP contribution in [0.5, 0.6) is 0 Å². The first-order valence-corrected chi connectivity index (χ1v) is 13.0. The molecule has 1 aliphatic heterocycles. The molecule has 7 heteroatoms. The molecule has 0 fully saturated rings. The quantitative estimate of drug-likeness (QED) is 0.244. The van der Waals surface area contributed by atoms with Crippen molar-refractivity contribution in [3.63, 3.8) is 0 Å². The molecule has 4 aromatic rings. The number of hydrogen-bond acceptors (Lipinski definition) is 4. The van der Waals surface area contributed by atoms with Crippen LogP contribution in [0.4, 0.5) is 17.1 Å². The van der Waals surface area contributed by atoms with Crippen molar-refractivity contribution < 1.29 is 19.2 Å². The summed E-state index contributed by atoms with van der Waals surface area (Å²) in [5.41, 5.74) is 5.74. The summed E-state index contributed by atoms with van der Waals surface area (Å²) in [4.78, 5) is 54.7. The van der Waals surface area contributed by atoms with Gasteiger partial charge in [-0.05, 0) is 79.8 Å². The van der Waals surface area contributed by atoms with E-state index in [4.69, 9.17) is 0 Å². The molecule has 1 heterocycles. The molecule has 0 spiro atoms. The Morgan fingerprint density at radius 2 is 0.800 bits per heavy atom. The number of ketones is 1. The minimum absolute atomic E-state index is 0.0431. The van der Waals surface area contributed by atoms with Crippen LogP contribution in [0.3, 0.4) is 0 Å². The first-order chi connectivity index (χ1) is 19.2. The van der Waals surface area contributed by atoms with E-state index in [0.29, 0.717) is 50.4 Å². The third-order valence-electron chi connectivity index (χ3n) is 7.32. The van der Waals surface area contributed by atoms with Gasteiger partial charge in [-0.25, -0.2) is 0 Å². The van der Waals surface area contributed by atoms with E-state index in [2.05, 4.69) is 16.0 Å². The van der Waals surface area contributed by atoms with Crippen LogP contribution in [0.2, 0.25) is 0 Å². The van der Waals surface area contributed by atoms with Crippen LogP contribution in [0.1, 0.15) is 69.2 Å².